The predicted molar refractivity (Wildman–Crippen MR) is 67.4 cm³/mol. The fourth-order valence-corrected chi connectivity index (χ4v) is 2.23. The number of benzene rings is 1. The second-order valence-electron chi connectivity index (χ2n) is 4.48. The van der Waals surface area contributed by atoms with Crippen LogP contribution >= 0.6 is 0 Å². The maximum absolute atomic E-state index is 11.8. The first-order valence-corrected chi connectivity index (χ1v) is 6.19. The van der Waals surface area contributed by atoms with Crippen molar-refractivity contribution in [3.8, 4) is 11.5 Å². The van der Waals surface area contributed by atoms with Gasteiger partial charge in [-0.1, -0.05) is 6.07 Å². The van der Waals surface area contributed by atoms with Gasteiger partial charge >= 0.3 is 0 Å². The maximum atomic E-state index is 11.8. The molecule has 3 rings (SSSR count). The molecule has 2 heterocycles. The van der Waals surface area contributed by atoms with Crippen LogP contribution in [-0.2, 0) is 4.79 Å². The number of likely N-dealkylation sites (tertiary alicyclic amines) is 1. The first-order chi connectivity index (χ1) is 8.83. The summed E-state index contributed by atoms with van der Waals surface area (Å²) < 4.78 is 10.5. The largest absolute Gasteiger partial charge is 0.454 e. The van der Waals surface area contributed by atoms with Gasteiger partial charge in [0.1, 0.15) is 0 Å². The van der Waals surface area contributed by atoms with Gasteiger partial charge in [-0.2, -0.15) is 0 Å². The minimum absolute atomic E-state index is 0.0881. The Labute approximate surface area is 106 Å². The maximum Gasteiger partial charge on any atom is 0.246 e. The van der Waals surface area contributed by atoms with Gasteiger partial charge in [0.2, 0.25) is 12.7 Å². The van der Waals surface area contributed by atoms with E-state index >= 15 is 0 Å². The molecule has 2 aliphatic heterocycles. The summed E-state index contributed by atoms with van der Waals surface area (Å²) in [6.07, 6.45) is 5.68. The highest BCUT2D eigenvalue weighted by molar-refractivity contribution is 5.92. The molecular formula is C14H15NO3. The van der Waals surface area contributed by atoms with E-state index in [-0.39, 0.29) is 12.7 Å². The summed E-state index contributed by atoms with van der Waals surface area (Å²) >= 11 is 0. The molecule has 0 aliphatic carbocycles. The van der Waals surface area contributed by atoms with Crippen molar-refractivity contribution < 1.29 is 14.3 Å². The molecule has 4 heteroatoms. The first kappa shape index (κ1) is 11.1. The summed E-state index contributed by atoms with van der Waals surface area (Å²) in [5.41, 5.74) is 0.951. The van der Waals surface area contributed by atoms with E-state index in [1.54, 1.807) is 6.08 Å². The third-order valence-corrected chi connectivity index (χ3v) is 3.23. The van der Waals surface area contributed by atoms with Crippen LogP contribution < -0.4 is 9.47 Å². The number of fused-ring (bicyclic) bond motifs is 1. The molecule has 0 spiro atoms. The minimum Gasteiger partial charge on any atom is -0.454 e. The number of hydrogen-bond donors (Lipinski definition) is 0. The van der Waals surface area contributed by atoms with Gasteiger partial charge in [0, 0.05) is 19.2 Å². The lowest BCUT2D eigenvalue weighted by Crippen LogP contribution is -2.25. The van der Waals surface area contributed by atoms with Gasteiger partial charge in [0.25, 0.3) is 0 Å². The number of carbonyl (C=O) groups is 1. The van der Waals surface area contributed by atoms with Gasteiger partial charge in [-0.3, -0.25) is 4.79 Å². The molecule has 1 fully saturated rings. The lowest BCUT2D eigenvalue weighted by atomic mass is 10.2. The number of nitrogens with zero attached hydrogens (tertiary/aromatic N) is 1. The fraction of sp³-hybridized carbons (Fsp3) is 0.357. The molecule has 4 nitrogen and oxygen atoms in total. The molecule has 1 aromatic rings. The second-order valence-corrected chi connectivity index (χ2v) is 4.48. The SMILES string of the molecule is O=C(C=Cc1ccc2c(c1)OCO2)N1CCCC1. The van der Waals surface area contributed by atoms with Crippen molar-refractivity contribution in [2.75, 3.05) is 19.9 Å². The summed E-state index contributed by atoms with van der Waals surface area (Å²) in [6, 6.07) is 5.67. The quantitative estimate of drug-likeness (QED) is 0.748. The molecule has 2 aliphatic rings. The molecule has 1 saturated heterocycles. The zero-order chi connectivity index (χ0) is 12.4. The Hall–Kier alpha value is -1.97. The van der Waals surface area contributed by atoms with E-state index < -0.39 is 0 Å². The Morgan fingerprint density at radius 3 is 2.78 bits per heavy atom. The second kappa shape index (κ2) is 4.72. The van der Waals surface area contributed by atoms with E-state index in [0.29, 0.717) is 0 Å². The van der Waals surface area contributed by atoms with E-state index in [0.717, 1.165) is 43.0 Å². The average Bonchev–Trinajstić information content (AvgIpc) is 3.05. The smallest absolute Gasteiger partial charge is 0.246 e. The molecule has 0 N–H and O–H groups in total. The Bertz CT molecular complexity index is 490. The van der Waals surface area contributed by atoms with Gasteiger partial charge in [-0.05, 0) is 36.6 Å². The van der Waals surface area contributed by atoms with Crippen molar-refractivity contribution in [3.63, 3.8) is 0 Å². The summed E-state index contributed by atoms with van der Waals surface area (Å²) in [7, 11) is 0. The van der Waals surface area contributed by atoms with E-state index in [2.05, 4.69) is 0 Å². The lowest BCUT2D eigenvalue weighted by molar-refractivity contribution is -0.124. The van der Waals surface area contributed by atoms with Crippen molar-refractivity contribution >= 4 is 12.0 Å². The Morgan fingerprint density at radius 1 is 1.17 bits per heavy atom. The molecule has 0 radical (unpaired) electrons. The third kappa shape index (κ3) is 2.18. The molecule has 1 aromatic carbocycles. The van der Waals surface area contributed by atoms with Crippen LogP contribution in [0.4, 0.5) is 0 Å². The third-order valence-electron chi connectivity index (χ3n) is 3.23. The van der Waals surface area contributed by atoms with Crippen molar-refractivity contribution in [1.29, 1.82) is 0 Å². The highest BCUT2D eigenvalue weighted by Crippen LogP contribution is 2.32. The van der Waals surface area contributed by atoms with Crippen LogP contribution in [0.25, 0.3) is 6.08 Å². The minimum atomic E-state index is 0.0881. The van der Waals surface area contributed by atoms with Crippen molar-refractivity contribution in [3.05, 3.63) is 29.8 Å². The summed E-state index contributed by atoms with van der Waals surface area (Å²) in [5, 5.41) is 0. The molecule has 0 bridgehead atoms. The molecule has 0 unspecified atom stereocenters. The Kier molecular flexibility index (Phi) is 2.92. The number of ether oxygens (including phenoxy) is 2. The fourth-order valence-electron chi connectivity index (χ4n) is 2.23. The average molecular weight is 245 g/mol. The monoisotopic (exact) mass is 245 g/mol. The standard InChI is InChI=1S/C14H15NO3/c16-14(15-7-1-2-8-15)6-4-11-3-5-12-13(9-11)18-10-17-12/h3-6,9H,1-2,7-8,10H2. The molecule has 1 amide bonds. The topological polar surface area (TPSA) is 38.8 Å². The van der Waals surface area contributed by atoms with Gasteiger partial charge in [-0.25, -0.2) is 0 Å². The number of amides is 1. The highest BCUT2D eigenvalue weighted by atomic mass is 16.7. The predicted octanol–water partition coefficient (Wildman–Crippen LogP) is 2.05. The van der Waals surface area contributed by atoms with E-state index in [1.807, 2.05) is 29.2 Å². The summed E-state index contributed by atoms with van der Waals surface area (Å²) in [4.78, 5) is 13.7. The van der Waals surface area contributed by atoms with Gasteiger partial charge in [0.05, 0.1) is 0 Å². The van der Waals surface area contributed by atoms with Crippen LogP contribution in [0.1, 0.15) is 18.4 Å². The van der Waals surface area contributed by atoms with Gasteiger partial charge in [0.15, 0.2) is 11.5 Å². The first-order valence-electron chi connectivity index (χ1n) is 6.19. The van der Waals surface area contributed by atoms with Crippen LogP contribution in [-0.4, -0.2) is 30.7 Å². The summed E-state index contributed by atoms with van der Waals surface area (Å²) in [5.74, 6) is 1.59. The van der Waals surface area contributed by atoms with Crippen LogP contribution in [0.3, 0.4) is 0 Å². The van der Waals surface area contributed by atoms with Crippen LogP contribution in [0.15, 0.2) is 24.3 Å². The van der Waals surface area contributed by atoms with Crippen molar-refractivity contribution in [2.45, 2.75) is 12.8 Å². The number of rotatable bonds is 2. The Morgan fingerprint density at radius 2 is 1.94 bits per heavy atom. The van der Waals surface area contributed by atoms with Crippen LogP contribution in [0.2, 0.25) is 0 Å². The van der Waals surface area contributed by atoms with E-state index in [1.165, 1.54) is 0 Å². The normalized spacial score (nSPS) is 17.7. The number of carbonyl (C=O) groups excluding carboxylic acids is 1. The van der Waals surface area contributed by atoms with Crippen LogP contribution in [0.5, 0.6) is 11.5 Å². The molecule has 18 heavy (non-hydrogen) atoms. The highest BCUT2D eigenvalue weighted by Gasteiger charge is 2.15. The Balaban J connectivity index is 1.70. The van der Waals surface area contributed by atoms with Crippen LogP contribution in [0, 0.1) is 0 Å². The molecule has 94 valence electrons. The van der Waals surface area contributed by atoms with Gasteiger partial charge < -0.3 is 14.4 Å². The van der Waals surface area contributed by atoms with E-state index in [9.17, 15) is 4.79 Å². The summed E-state index contributed by atoms with van der Waals surface area (Å²) in [6.45, 7) is 2.03. The van der Waals surface area contributed by atoms with Crippen molar-refractivity contribution in [2.24, 2.45) is 0 Å². The van der Waals surface area contributed by atoms with Crippen molar-refractivity contribution in [1.82, 2.24) is 4.90 Å². The number of hydrogen-bond acceptors (Lipinski definition) is 3. The molecule has 0 saturated carbocycles. The van der Waals surface area contributed by atoms with Gasteiger partial charge in [-0.15, -0.1) is 0 Å². The zero-order valence-electron chi connectivity index (χ0n) is 10.1. The zero-order valence-corrected chi connectivity index (χ0v) is 10.1. The molecule has 0 atom stereocenters. The molecule has 0 aromatic heterocycles. The molecular weight excluding hydrogens is 230 g/mol. The van der Waals surface area contributed by atoms with E-state index in [4.69, 9.17) is 9.47 Å². The lowest BCUT2D eigenvalue weighted by Gasteiger charge is -2.11.